The smallest absolute Gasteiger partial charge is 0.226 e. The minimum absolute atomic E-state index is 0.115. The highest BCUT2D eigenvalue weighted by Gasteiger charge is 2.20. The number of carbonyl (C=O) groups excluding carboxylic acids is 1. The van der Waals surface area contributed by atoms with Gasteiger partial charge in [0.05, 0.1) is 11.6 Å². The number of unbranched alkanes of at least 4 members (excludes halogenated alkanes) is 2. The van der Waals surface area contributed by atoms with Gasteiger partial charge in [0.15, 0.2) is 0 Å². The molecule has 0 saturated carbocycles. The SMILES string of the molecule is CC.CCCCCC(C)N(C(=O)CC)c1cccc(C#N)c1. The van der Waals surface area contributed by atoms with Crippen LogP contribution in [-0.2, 0) is 4.79 Å². The van der Waals surface area contributed by atoms with Gasteiger partial charge in [0.25, 0.3) is 0 Å². The summed E-state index contributed by atoms with van der Waals surface area (Å²) in [4.78, 5) is 14.1. The minimum Gasteiger partial charge on any atom is -0.310 e. The molecule has 1 rings (SSSR count). The number of hydrogen-bond acceptors (Lipinski definition) is 2. The summed E-state index contributed by atoms with van der Waals surface area (Å²) in [5.41, 5.74) is 1.43. The van der Waals surface area contributed by atoms with E-state index in [0.29, 0.717) is 12.0 Å². The number of rotatable bonds is 7. The first-order chi connectivity index (χ1) is 10.6. The van der Waals surface area contributed by atoms with Crippen molar-refractivity contribution in [2.24, 2.45) is 0 Å². The Labute approximate surface area is 135 Å². The van der Waals surface area contributed by atoms with Gasteiger partial charge in [-0.2, -0.15) is 5.26 Å². The third-order valence-corrected chi connectivity index (χ3v) is 3.49. The maximum atomic E-state index is 12.2. The molecule has 3 nitrogen and oxygen atoms in total. The Balaban J connectivity index is 0.00000211. The van der Waals surface area contributed by atoms with Crippen molar-refractivity contribution in [1.29, 1.82) is 5.26 Å². The van der Waals surface area contributed by atoms with Gasteiger partial charge in [-0.25, -0.2) is 0 Å². The fraction of sp³-hybridized carbons (Fsp3) is 0.579. The first-order valence-corrected chi connectivity index (χ1v) is 8.46. The standard InChI is InChI=1S/C17H24N2O.C2H6/c1-4-6-7-9-14(3)19(17(20)5-2)16-11-8-10-15(12-16)13-18;1-2/h8,10-12,14H,4-7,9H2,1-3H3;1-2H3. The van der Waals surface area contributed by atoms with E-state index in [1.807, 2.05) is 37.8 Å². The van der Waals surface area contributed by atoms with Crippen LogP contribution in [-0.4, -0.2) is 11.9 Å². The summed E-state index contributed by atoms with van der Waals surface area (Å²) in [5.74, 6) is 0.115. The van der Waals surface area contributed by atoms with Crippen LogP contribution in [0.4, 0.5) is 5.69 Å². The van der Waals surface area contributed by atoms with E-state index in [2.05, 4.69) is 19.9 Å². The number of anilines is 1. The predicted octanol–water partition coefficient (Wildman–Crippen LogP) is 5.30. The quantitative estimate of drug-likeness (QED) is 0.642. The number of carbonyl (C=O) groups is 1. The molecule has 0 aliphatic carbocycles. The van der Waals surface area contributed by atoms with E-state index >= 15 is 0 Å². The predicted molar refractivity (Wildman–Crippen MR) is 93.9 cm³/mol. The number of benzene rings is 1. The summed E-state index contributed by atoms with van der Waals surface area (Å²) in [5, 5.41) is 9.00. The molecular weight excluding hydrogens is 272 g/mol. The van der Waals surface area contributed by atoms with E-state index in [4.69, 9.17) is 5.26 Å². The van der Waals surface area contributed by atoms with Gasteiger partial charge in [-0.05, 0) is 31.5 Å². The van der Waals surface area contributed by atoms with Crippen LogP contribution in [0.3, 0.4) is 0 Å². The second-order valence-corrected chi connectivity index (χ2v) is 5.12. The average Bonchev–Trinajstić information content (AvgIpc) is 2.57. The van der Waals surface area contributed by atoms with Gasteiger partial charge in [0.1, 0.15) is 0 Å². The minimum atomic E-state index is 0.115. The molecule has 0 radical (unpaired) electrons. The zero-order valence-electron chi connectivity index (χ0n) is 14.7. The molecule has 0 N–H and O–H groups in total. The molecule has 0 saturated heterocycles. The van der Waals surface area contributed by atoms with Crippen LogP contribution in [0.1, 0.15) is 72.3 Å². The Hall–Kier alpha value is -1.82. The first-order valence-electron chi connectivity index (χ1n) is 8.46. The second-order valence-electron chi connectivity index (χ2n) is 5.12. The van der Waals surface area contributed by atoms with Gasteiger partial charge in [-0.1, -0.05) is 53.0 Å². The summed E-state index contributed by atoms with van der Waals surface area (Å²) in [6.07, 6.45) is 4.98. The molecule has 0 fully saturated rings. The van der Waals surface area contributed by atoms with Gasteiger partial charge >= 0.3 is 0 Å². The number of nitrogens with zero attached hydrogens (tertiary/aromatic N) is 2. The lowest BCUT2D eigenvalue weighted by atomic mass is 10.1. The van der Waals surface area contributed by atoms with Crippen LogP contribution >= 0.6 is 0 Å². The highest BCUT2D eigenvalue weighted by molar-refractivity contribution is 5.93. The van der Waals surface area contributed by atoms with E-state index in [0.717, 1.165) is 18.5 Å². The lowest BCUT2D eigenvalue weighted by Crippen LogP contribution is -2.38. The van der Waals surface area contributed by atoms with Crippen LogP contribution in [0.25, 0.3) is 0 Å². The van der Waals surface area contributed by atoms with Crippen molar-refractivity contribution in [2.45, 2.75) is 72.8 Å². The maximum absolute atomic E-state index is 12.2. The van der Waals surface area contributed by atoms with E-state index in [1.165, 1.54) is 12.8 Å². The monoisotopic (exact) mass is 302 g/mol. The molecule has 0 aliphatic heterocycles. The largest absolute Gasteiger partial charge is 0.310 e. The van der Waals surface area contributed by atoms with Crippen LogP contribution in [0.15, 0.2) is 24.3 Å². The van der Waals surface area contributed by atoms with Gasteiger partial charge in [-0.3, -0.25) is 4.79 Å². The Morgan fingerprint density at radius 3 is 2.50 bits per heavy atom. The zero-order chi connectivity index (χ0) is 17.0. The fourth-order valence-electron chi connectivity index (χ4n) is 2.36. The van der Waals surface area contributed by atoms with Gasteiger partial charge < -0.3 is 4.90 Å². The van der Waals surface area contributed by atoms with E-state index < -0.39 is 0 Å². The molecule has 0 spiro atoms. The lowest BCUT2D eigenvalue weighted by molar-refractivity contribution is -0.118. The highest BCUT2D eigenvalue weighted by Crippen LogP contribution is 2.22. The van der Waals surface area contributed by atoms with E-state index in [9.17, 15) is 4.79 Å². The van der Waals surface area contributed by atoms with Crippen LogP contribution in [0.5, 0.6) is 0 Å². The summed E-state index contributed by atoms with van der Waals surface area (Å²) in [6, 6.07) is 9.60. The second kappa shape index (κ2) is 11.8. The van der Waals surface area contributed by atoms with Crippen molar-refractivity contribution in [3.05, 3.63) is 29.8 Å². The molecule has 122 valence electrons. The van der Waals surface area contributed by atoms with Crippen molar-refractivity contribution < 1.29 is 4.79 Å². The zero-order valence-corrected chi connectivity index (χ0v) is 14.7. The summed E-state index contributed by atoms with van der Waals surface area (Å²) >= 11 is 0. The number of hydrogen-bond donors (Lipinski definition) is 0. The number of amides is 1. The van der Waals surface area contributed by atoms with Crippen molar-refractivity contribution in [1.82, 2.24) is 0 Å². The lowest BCUT2D eigenvalue weighted by Gasteiger charge is -2.29. The molecule has 22 heavy (non-hydrogen) atoms. The highest BCUT2D eigenvalue weighted by atomic mass is 16.2. The van der Waals surface area contributed by atoms with Crippen molar-refractivity contribution in [3.63, 3.8) is 0 Å². The third-order valence-electron chi connectivity index (χ3n) is 3.49. The fourth-order valence-corrected chi connectivity index (χ4v) is 2.36. The third kappa shape index (κ3) is 6.30. The van der Waals surface area contributed by atoms with Gasteiger partial charge in [0, 0.05) is 18.2 Å². The average molecular weight is 302 g/mol. The molecule has 0 heterocycles. The molecule has 1 aromatic carbocycles. The van der Waals surface area contributed by atoms with Crippen molar-refractivity contribution in [2.75, 3.05) is 4.90 Å². The number of nitriles is 1. The Kier molecular flexibility index (Phi) is 10.8. The van der Waals surface area contributed by atoms with E-state index in [-0.39, 0.29) is 11.9 Å². The summed E-state index contributed by atoms with van der Waals surface area (Å²) in [7, 11) is 0. The van der Waals surface area contributed by atoms with Crippen molar-refractivity contribution >= 4 is 11.6 Å². The molecule has 0 aromatic heterocycles. The molecule has 1 aromatic rings. The Morgan fingerprint density at radius 2 is 1.95 bits per heavy atom. The van der Waals surface area contributed by atoms with Crippen LogP contribution < -0.4 is 4.90 Å². The van der Waals surface area contributed by atoms with Crippen LogP contribution in [0.2, 0.25) is 0 Å². The maximum Gasteiger partial charge on any atom is 0.226 e. The molecule has 1 amide bonds. The molecular formula is C19H30N2O. The summed E-state index contributed by atoms with van der Waals surface area (Å²) < 4.78 is 0. The molecule has 1 unspecified atom stereocenters. The molecule has 0 aliphatic rings. The molecule has 3 heteroatoms. The topological polar surface area (TPSA) is 44.1 Å². The van der Waals surface area contributed by atoms with E-state index in [1.54, 1.807) is 12.1 Å². The Bertz CT molecular complexity index is 477. The van der Waals surface area contributed by atoms with Crippen molar-refractivity contribution in [3.8, 4) is 6.07 Å². The normalized spacial score (nSPS) is 10.9. The van der Waals surface area contributed by atoms with Gasteiger partial charge in [-0.15, -0.1) is 0 Å². The van der Waals surface area contributed by atoms with Crippen LogP contribution in [0, 0.1) is 11.3 Å². The Morgan fingerprint density at radius 1 is 1.27 bits per heavy atom. The first kappa shape index (κ1) is 20.2. The van der Waals surface area contributed by atoms with Gasteiger partial charge in [0.2, 0.25) is 5.91 Å². The molecule has 1 atom stereocenters. The molecule has 0 bridgehead atoms. The summed E-state index contributed by atoms with van der Waals surface area (Å²) in [6.45, 7) is 10.1.